The average Bonchev–Trinajstić information content (AvgIpc) is 3.15. The number of fused-ring (bicyclic) bond motifs is 1. The minimum Gasteiger partial charge on any atom is -0.378 e. The van der Waals surface area contributed by atoms with Crippen LogP contribution in [0.1, 0.15) is 18.1 Å². The van der Waals surface area contributed by atoms with Crippen LogP contribution in [-0.2, 0) is 9.53 Å². The number of anilines is 3. The zero-order valence-corrected chi connectivity index (χ0v) is 18.1. The molecule has 5 rings (SSSR count). The Morgan fingerprint density at radius 1 is 1.09 bits per heavy atom. The van der Waals surface area contributed by atoms with Crippen LogP contribution in [0.25, 0.3) is 16.8 Å². The normalized spacial score (nSPS) is 17.1. The summed E-state index contributed by atoms with van der Waals surface area (Å²) < 4.78 is 5.41. The molecule has 0 bridgehead atoms. The van der Waals surface area contributed by atoms with Crippen LogP contribution in [-0.4, -0.2) is 47.2 Å². The van der Waals surface area contributed by atoms with Gasteiger partial charge in [0.25, 0.3) is 5.91 Å². The Hall–Kier alpha value is -3.78. The lowest BCUT2D eigenvalue weighted by Gasteiger charge is -2.28. The molecule has 0 aromatic carbocycles. The number of hydrogen-bond donors (Lipinski definition) is 2. The molecule has 2 N–H and O–H groups in total. The predicted molar refractivity (Wildman–Crippen MR) is 124 cm³/mol. The Labute approximate surface area is 186 Å². The van der Waals surface area contributed by atoms with E-state index in [2.05, 4.69) is 30.5 Å². The maximum atomic E-state index is 12.8. The van der Waals surface area contributed by atoms with Crippen LogP contribution in [0.15, 0.2) is 54.7 Å². The van der Waals surface area contributed by atoms with E-state index in [4.69, 9.17) is 4.74 Å². The third kappa shape index (κ3) is 3.80. The summed E-state index contributed by atoms with van der Waals surface area (Å²) in [7, 11) is 0. The SMILES string of the molecule is CC(Nc1ccc(N2CCOCC2)cn1)=C1C(=O)Nc2cnc(-c3cnccc3C)cc21. The van der Waals surface area contributed by atoms with Gasteiger partial charge in [0.2, 0.25) is 0 Å². The molecule has 0 saturated carbocycles. The molecule has 8 nitrogen and oxygen atoms in total. The largest absolute Gasteiger partial charge is 0.378 e. The molecule has 32 heavy (non-hydrogen) atoms. The number of aryl methyl sites for hydroxylation is 1. The van der Waals surface area contributed by atoms with E-state index in [1.807, 2.05) is 44.3 Å². The maximum absolute atomic E-state index is 12.8. The Kier molecular flexibility index (Phi) is 5.28. The van der Waals surface area contributed by atoms with Gasteiger partial charge in [-0.25, -0.2) is 4.98 Å². The summed E-state index contributed by atoms with van der Waals surface area (Å²) in [5, 5.41) is 6.19. The fourth-order valence-corrected chi connectivity index (χ4v) is 4.04. The molecule has 0 spiro atoms. The molecule has 162 valence electrons. The summed E-state index contributed by atoms with van der Waals surface area (Å²) in [6.07, 6.45) is 7.10. The first kappa shape index (κ1) is 20.1. The summed E-state index contributed by atoms with van der Waals surface area (Å²) in [5.41, 5.74) is 6.71. The summed E-state index contributed by atoms with van der Waals surface area (Å²) >= 11 is 0. The van der Waals surface area contributed by atoms with E-state index in [0.717, 1.165) is 60.1 Å². The molecule has 8 heteroatoms. The Bertz CT molecular complexity index is 1200. The first-order valence-electron chi connectivity index (χ1n) is 10.6. The van der Waals surface area contributed by atoms with E-state index in [-0.39, 0.29) is 5.91 Å². The van der Waals surface area contributed by atoms with Crippen molar-refractivity contribution < 1.29 is 9.53 Å². The van der Waals surface area contributed by atoms with E-state index < -0.39 is 0 Å². The number of hydrogen-bond acceptors (Lipinski definition) is 7. The second kappa shape index (κ2) is 8.39. The van der Waals surface area contributed by atoms with Gasteiger partial charge in [-0.15, -0.1) is 0 Å². The number of ether oxygens (including phenoxy) is 1. The molecule has 0 radical (unpaired) electrons. The summed E-state index contributed by atoms with van der Waals surface area (Å²) in [4.78, 5) is 28.3. The number of morpholine rings is 1. The number of pyridine rings is 3. The Morgan fingerprint density at radius 3 is 2.69 bits per heavy atom. The average molecular weight is 428 g/mol. The van der Waals surface area contributed by atoms with Crippen LogP contribution < -0.4 is 15.5 Å². The zero-order valence-electron chi connectivity index (χ0n) is 18.1. The van der Waals surface area contributed by atoms with Crippen LogP contribution in [0.2, 0.25) is 0 Å². The fourth-order valence-electron chi connectivity index (χ4n) is 4.04. The van der Waals surface area contributed by atoms with Gasteiger partial charge in [0.05, 0.1) is 48.2 Å². The minimum absolute atomic E-state index is 0.156. The molecular formula is C24H24N6O2. The lowest BCUT2D eigenvalue weighted by atomic mass is 10.0. The lowest BCUT2D eigenvalue weighted by molar-refractivity contribution is -0.110. The quantitative estimate of drug-likeness (QED) is 0.615. The molecule has 3 aromatic rings. The molecule has 3 aromatic heterocycles. The van der Waals surface area contributed by atoms with Crippen molar-refractivity contribution in [2.45, 2.75) is 13.8 Å². The number of aromatic nitrogens is 3. The topological polar surface area (TPSA) is 92.3 Å². The van der Waals surface area contributed by atoms with Crippen molar-refractivity contribution >= 4 is 28.7 Å². The highest BCUT2D eigenvalue weighted by molar-refractivity contribution is 6.32. The second-order valence-electron chi connectivity index (χ2n) is 7.89. The van der Waals surface area contributed by atoms with Gasteiger partial charge in [-0.05, 0) is 43.7 Å². The third-order valence-corrected chi connectivity index (χ3v) is 5.78. The highest BCUT2D eigenvalue weighted by Crippen LogP contribution is 2.36. The van der Waals surface area contributed by atoms with Crippen molar-refractivity contribution in [2.24, 2.45) is 0 Å². The molecule has 2 aliphatic rings. The number of nitrogens with zero attached hydrogens (tertiary/aromatic N) is 4. The summed E-state index contributed by atoms with van der Waals surface area (Å²) in [5.74, 6) is 0.530. The van der Waals surface area contributed by atoms with Gasteiger partial charge >= 0.3 is 0 Å². The number of nitrogens with one attached hydrogen (secondary N) is 2. The number of amides is 1. The predicted octanol–water partition coefficient (Wildman–Crippen LogP) is 3.48. The number of carbonyl (C=O) groups excluding carboxylic acids is 1. The molecule has 1 saturated heterocycles. The molecule has 1 amide bonds. The standard InChI is InChI=1S/C24H24N6O2/c1-15-5-6-25-13-19(15)20-11-18-21(14-26-20)29-24(31)23(18)16(2)28-22-4-3-17(12-27-22)30-7-9-32-10-8-30/h3-6,11-14H,7-10H2,1-2H3,(H,27,28)(H,29,31). The van der Waals surface area contributed by atoms with Crippen molar-refractivity contribution in [3.63, 3.8) is 0 Å². The van der Waals surface area contributed by atoms with Crippen molar-refractivity contribution in [1.82, 2.24) is 15.0 Å². The molecular weight excluding hydrogens is 404 g/mol. The molecule has 1 fully saturated rings. The first-order valence-corrected chi connectivity index (χ1v) is 10.6. The first-order chi connectivity index (χ1) is 15.6. The third-order valence-electron chi connectivity index (χ3n) is 5.78. The minimum atomic E-state index is -0.156. The summed E-state index contributed by atoms with van der Waals surface area (Å²) in [6, 6.07) is 7.85. The Balaban J connectivity index is 1.43. The highest BCUT2D eigenvalue weighted by Gasteiger charge is 2.27. The van der Waals surface area contributed by atoms with Gasteiger partial charge < -0.3 is 20.3 Å². The van der Waals surface area contributed by atoms with Crippen LogP contribution in [0.4, 0.5) is 17.2 Å². The van der Waals surface area contributed by atoms with E-state index in [1.165, 1.54) is 0 Å². The second-order valence-corrected chi connectivity index (χ2v) is 7.89. The van der Waals surface area contributed by atoms with Gasteiger partial charge in [0.1, 0.15) is 5.82 Å². The van der Waals surface area contributed by atoms with E-state index in [9.17, 15) is 4.79 Å². The fraction of sp³-hybridized carbons (Fsp3) is 0.250. The van der Waals surface area contributed by atoms with Gasteiger partial charge in [0.15, 0.2) is 0 Å². The van der Waals surface area contributed by atoms with Crippen molar-refractivity contribution in [3.05, 3.63) is 65.9 Å². The van der Waals surface area contributed by atoms with Crippen LogP contribution in [0, 0.1) is 6.92 Å². The number of allylic oxidation sites excluding steroid dienone is 1. The molecule has 0 atom stereocenters. The van der Waals surface area contributed by atoms with Crippen molar-refractivity contribution in [2.75, 3.05) is 41.8 Å². The molecule has 2 aliphatic heterocycles. The zero-order chi connectivity index (χ0) is 22.1. The number of rotatable bonds is 4. The summed E-state index contributed by atoms with van der Waals surface area (Å²) in [6.45, 7) is 7.09. The highest BCUT2D eigenvalue weighted by atomic mass is 16.5. The van der Waals surface area contributed by atoms with E-state index in [0.29, 0.717) is 17.1 Å². The maximum Gasteiger partial charge on any atom is 0.258 e. The Morgan fingerprint density at radius 2 is 1.94 bits per heavy atom. The molecule has 0 unspecified atom stereocenters. The lowest BCUT2D eigenvalue weighted by Crippen LogP contribution is -2.36. The van der Waals surface area contributed by atoms with Gasteiger partial charge in [-0.2, -0.15) is 0 Å². The number of carbonyl (C=O) groups is 1. The smallest absolute Gasteiger partial charge is 0.258 e. The van der Waals surface area contributed by atoms with Gasteiger partial charge in [-0.3, -0.25) is 14.8 Å². The molecule has 0 aliphatic carbocycles. The van der Waals surface area contributed by atoms with Gasteiger partial charge in [-0.1, -0.05) is 0 Å². The van der Waals surface area contributed by atoms with Crippen LogP contribution in [0.5, 0.6) is 0 Å². The van der Waals surface area contributed by atoms with Gasteiger partial charge in [0, 0.05) is 42.3 Å². The van der Waals surface area contributed by atoms with Crippen LogP contribution in [0.3, 0.4) is 0 Å². The van der Waals surface area contributed by atoms with Crippen LogP contribution >= 0.6 is 0 Å². The van der Waals surface area contributed by atoms with Crippen molar-refractivity contribution in [1.29, 1.82) is 0 Å². The van der Waals surface area contributed by atoms with E-state index >= 15 is 0 Å². The molecule has 5 heterocycles. The van der Waals surface area contributed by atoms with E-state index in [1.54, 1.807) is 18.6 Å². The van der Waals surface area contributed by atoms with Crippen molar-refractivity contribution in [3.8, 4) is 11.3 Å². The monoisotopic (exact) mass is 428 g/mol.